The van der Waals surface area contributed by atoms with Gasteiger partial charge in [-0.2, -0.15) is 0 Å². The quantitative estimate of drug-likeness (QED) is 0.122. The molecule has 0 unspecified atom stereocenters. The second-order valence-electron chi connectivity index (χ2n) is 4.88. The maximum Gasteiger partial charge on any atom is 0.146 e. The summed E-state index contributed by atoms with van der Waals surface area (Å²) in [6.45, 7) is 1.17. The van der Waals surface area contributed by atoms with Gasteiger partial charge in [0, 0.05) is 7.11 Å². The number of hydrogen-bond acceptors (Lipinski definition) is 2. The largest absolute Gasteiger partial charge is 0.359 e. The van der Waals surface area contributed by atoms with E-state index in [0.717, 1.165) is 13.0 Å². The van der Waals surface area contributed by atoms with E-state index in [1.807, 2.05) is 0 Å². The van der Waals surface area contributed by atoms with Crippen molar-refractivity contribution in [2.75, 3.05) is 24.9 Å². The van der Waals surface area contributed by atoms with Crippen molar-refractivity contribution in [3.05, 3.63) is 12.2 Å². The zero-order valence-electron chi connectivity index (χ0n) is 12.5. The molecule has 114 valence electrons. The fourth-order valence-corrected chi connectivity index (χ4v) is 2.49. The number of halogens is 1. The minimum Gasteiger partial charge on any atom is -0.359 e. The summed E-state index contributed by atoms with van der Waals surface area (Å²) in [5.74, 6) is 0. The van der Waals surface area contributed by atoms with E-state index in [0.29, 0.717) is 6.79 Å². The zero-order valence-corrected chi connectivity index (χ0v) is 14.7. The van der Waals surface area contributed by atoms with Gasteiger partial charge in [0.05, 0.1) is 6.61 Å². The maximum absolute atomic E-state index is 5.21. The van der Waals surface area contributed by atoms with Gasteiger partial charge in [0.15, 0.2) is 0 Å². The third-order valence-corrected chi connectivity index (χ3v) is 3.81. The molecule has 0 aromatic heterocycles. The number of methoxy groups -OCH3 is 1. The number of rotatable bonds is 15. The monoisotopic (exact) mass is 382 g/mol. The molecule has 0 radical (unpaired) electrons. The first-order valence-corrected chi connectivity index (χ1v) is 9.22. The van der Waals surface area contributed by atoms with Crippen LogP contribution in [0.2, 0.25) is 0 Å². The van der Waals surface area contributed by atoms with Crippen molar-refractivity contribution >= 4 is 22.6 Å². The van der Waals surface area contributed by atoms with Crippen LogP contribution in [0.25, 0.3) is 0 Å². The predicted molar refractivity (Wildman–Crippen MR) is 92.0 cm³/mol. The van der Waals surface area contributed by atoms with Crippen LogP contribution >= 0.6 is 22.6 Å². The highest BCUT2D eigenvalue weighted by atomic mass is 127. The van der Waals surface area contributed by atoms with Crippen molar-refractivity contribution in [3.8, 4) is 0 Å². The van der Waals surface area contributed by atoms with Gasteiger partial charge in [0.1, 0.15) is 6.79 Å². The molecule has 0 heterocycles. The molecule has 0 saturated carbocycles. The van der Waals surface area contributed by atoms with Crippen LogP contribution in [-0.4, -0.2) is 24.9 Å². The number of allylic oxidation sites excluding steroid dienone is 1. The first kappa shape index (κ1) is 19.4. The summed E-state index contributed by atoms with van der Waals surface area (Å²) in [5.41, 5.74) is 0. The van der Waals surface area contributed by atoms with Gasteiger partial charge in [-0.05, 0) is 30.1 Å². The third-order valence-electron chi connectivity index (χ3n) is 3.05. The second-order valence-corrected chi connectivity index (χ2v) is 5.96. The summed E-state index contributed by atoms with van der Waals surface area (Å²) >= 11 is 2.47. The lowest BCUT2D eigenvalue weighted by Gasteiger charge is -2.00. The molecule has 0 aromatic carbocycles. The Balaban J connectivity index is 2.99. The summed E-state index contributed by atoms with van der Waals surface area (Å²) in [5, 5.41) is 0. The molecule has 0 bridgehead atoms. The van der Waals surface area contributed by atoms with Crippen LogP contribution in [0.5, 0.6) is 0 Å². The molecule has 2 nitrogen and oxygen atoms in total. The maximum atomic E-state index is 5.21. The Bertz CT molecular complexity index is 184. The molecule has 0 saturated heterocycles. The van der Waals surface area contributed by atoms with E-state index < -0.39 is 0 Å². The van der Waals surface area contributed by atoms with Crippen LogP contribution in [0.3, 0.4) is 0 Å². The van der Waals surface area contributed by atoms with E-state index in [2.05, 4.69) is 34.7 Å². The van der Waals surface area contributed by atoms with Crippen molar-refractivity contribution in [3.63, 3.8) is 0 Å². The van der Waals surface area contributed by atoms with Crippen LogP contribution in [0.4, 0.5) is 0 Å². The molecule has 0 atom stereocenters. The zero-order chi connectivity index (χ0) is 14.0. The van der Waals surface area contributed by atoms with Gasteiger partial charge < -0.3 is 9.47 Å². The highest BCUT2D eigenvalue weighted by Crippen LogP contribution is 2.10. The molecule has 19 heavy (non-hydrogen) atoms. The molecule has 0 aliphatic heterocycles. The standard InChI is InChI=1S/C16H31IO2/c1-18-16-19-15-13-11-9-7-5-3-2-4-6-8-10-12-14-17/h9,11H,2-8,10,12-16H2,1H3. The Labute approximate surface area is 133 Å². The Morgan fingerprint density at radius 2 is 1.37 bits per heavy atom. The van der Waals surface area contributed by atoms with Crippen molar-refractivity contribution in [1.82, 2.24) is 0 Å². The van der Waals surface area contributed by atoms with Gasteiger partial charge in [-0.1, -0.05) is 73.3 Å². The molecular weight excluding hydrogens is 351 g/mol. The van der Waals surface area contributed by atoms with Gasteiger partial charge in [0.2, 0.25) is 0 Å². The summed E-state index contributed by atoms with van der Waals surface area (Å²) in [7, 11) is 1.65. The van der Waals surface area contributed by atoms with Crippen molar-refractivity contribution < 1.29 is 9.47 Å². The minimum absolute atomic E-state index is 0.408. The highest BCUT2D eigenvalue weighted by molar-refractivity contribution is 14.1. The van der Waals surface area contributed by atoms with Crippen molar-refractivity contribution in [2.45, 2.75) is 64.2 Å². The Kier molecular flexibility index (Phi) is 18.8. The van der Waals surface area contributed by atoms with Gasteiger partial charge in [-0.25, -0.2) is 0 Å². The lowest BCUT2D eigenvalue weighted by Crippen LogP contribution is -1.96. The fraction of sp³-hybridized carbons (Fsp3) is 0.875. The lowest BCUT2D eigenvalue weighted by atomic mass is 10.1. The van der Waals surface area contributed by atoms with Crippen molar-refractivity contribution in [1.29, 1.82) is 0 Å². The smallest absolute Gasteiger partial charge is 0.146 e. The Hall–Kier alpha value is 0.390. The lowest BCUT2D eigenvalue weighted by molar-refractivity contribution is -0.0285. The topological polar surface area (TPSA) is 18.5 Å². The van der Waals surface area contributed by atoms with Crippen LogP contribution in [0, 0.1) is 0 Å². The molecule has 0 amide bonds. The van der Waals surface area contributed by atoms with Gasteiger partial charge in [-0.3, -0.25) is 0 Å². The average molecular weight is 382 g/mol. The van der Waals surface area contributed by atoms with E-state index in [9.17, 15) is 0 Å². The third kappa shape index (κ3) is 18.4. The molecule has 0 aliphatic rings. The molecular formula is C16H31IO2. The van der Waals surface area contributed by atoms with Crippen LogP contribution in [-0.2, 0) is 9.47 Å². The molecule has 0 aliphatic carbocycles. The van der Waals surface area contributed by atoms with E-state index in [1.165, 1.54) is 62.2 Å². The van der Waals surface area contributed by atoms with Crippen molar-refractivity contribution in [2.24, 2.45) is 0 Å². The highest BCUT2D eigenvalue weighted by Gasteiger charge is 1.91. The summed E-state index contributed by atoms with van der Waals surface area (Å²) < 4.78 is 11.3. The number of unbranched alkanes of at least 4 members (excludes halogenated alkanes) is 8. The number of hydrogen-bond donors (Lipinski definition) is 0. The molecule has 0 N–H and O–H groups in total. The predicted octanol–water partition coefficient (Wildman–Crippen LogP) is 5.50. The number of ether oxygens (including phenoxy) is 2. The normalized spacial score (nSPS) is 11.5. The van der Waals surface area contributed by atoms with Gasteiger partial charge >= 0.3 is 0 Å². The minimum atomic E-state index is 0.408. The van der Waals surface area contributed by atoms with Gasteiger partial charge in [-0.15, -0.1) is 0 Å². The fourth-order valence-electron chi connectivity index (χ4n) is 1.95. The molecule has 3 heteroatoms. The first-order chi connectivity index (χ1) is 9.41. The second kappa shape index (κ2) is 18.4. The molecule has 0 rings (SSSR count). The van der Waals surface area contributed by atoms with Gasteiger partial charge in [0.25, 0.3) is 0 Å². The van der Waals surface area contributed by atoms with E-state index >= 15 is 0 Å². The molecule has 0 spiro atoms. The number of alkyl halides is 1. The molecule has 0 aromatic rings. The Morgan fingerprint density at radius 3 is 2.00 bits per heavy atom. The van der Waals surface area contributed by atoms with Crippen LogP contribution < -0.4 is 0 Å². The Morgan fingerprint density at radius 1 is 0.789 bits per heavy atom. The molecule has 0 fully saturated rings. The van der Waals surface area contributed by atoms with Crippen LogP contribution in [0.1, 0.15) is 64.2 Å². The van der Waals surface area contributed by atoms with E-state index in [1.54, 1.807) is 7.11 Å². The summed E-state index contributed by atoms with van der Waals surface area (Å²) in [6.07, 6.45) is 18.0. The first-order valence-electron chi connectivity index (χ1n) is 7.69. The van der Waals surface area contributed by atoms with Crippen LogP contribution in [0.15, 0.2) is 12.2 Å². The van der Waals surface area contributed by atoms with E-state index in [-0.39, 0.29) is 0 Å². The summed E-state index contributed by atoms with van der Waals surface area (Å²) in [6, 6.07) is 0. The SMILES string of the molecule is COCOCCC=CCCCCCCCCCCI. The van der Waals surface area contributed by atoms with E-state index in [4.69, 9.17) is 9.47 Å². The summed E-state index contributed by atoms with van der Waals surface area (Å²) in [4.78, 5) is 0. The average Bonchev–Trinajstić information content (AvgIpc) is 2.43.